The van der Waals surface area contributed by atoms with E-state index in [9.17, 15) is 19.8 Å². The summed E-state index contributed by atoms with van der Waals surface area (Å²) in [5.41, 5.74) is -0.157. The molecular weight excluding hydrogens is 344 g/mol. The molecule has 5 heteroatoms. The van der Waals surface area contributed by atoms with E-state index in [-0.39, 0.29) is 35.9 Å². The van der Waals surface area contributed by atoms with Crippen molar-refractivity contribution in [2.45, 2.75) is 97.2 Å². The normalized spacial score (nSPS) is 24.6. The number of hydrogen-bond acceptors (Lipinski definition) is 4. The van der Waals surface area contributed by atoms with E-state index in [1.807, 2.05) is 12.2 Å². The summed E-state index contributed by atoms with van der Waals surface area (Å²) in [6.45, 7) is 6.30. The molecule has 0 aromatic heterocycles. The summed E-state index contributed by atoms with van der Waals surface area (Å²) in [5.74, 6) is -0.981. The van der Waals surface area contributed by atoms with E-state index in [0.717, 1.165) is 19.3 Å². The van der Waals surface area contributed by atoms with Gasteiger partial charge < -0.3 is 15.3 Å². The first-order valence-corrected chi connectivity index (χ1v) is 10.4. The van der Waals surface area contributed by atoms with Gasteiger partial charge in [0.05, 0.1) is 12.2 Å². The van der Waals surface area contributed by atoms with Gasteiger partial charge in [-0.2, -0.15) is 0 Å². The van der Waals surface area contributed by atoms with E-state index in [0.29, 0.717) is 32.1 Å². The number of unbranched alkanes of at least 4 members (excludes halogenated alkanes) is 2. The summed E-state index contributed by atoms with van der Waals surface area (Å²) in [6, 6.07) is 0. The number of rotatable bonds is 13. The molecule has 0 aromatic carbocycles. The molecule has 156 valence electrons. The first-order chi connectivity index (χ1) is 12.7. The van der Waals surface area contributed by atoms with Gasteiger partial charge in [-0.05, 0) is 49.9 Å². The van der Waals surface area contributed by atoms with Crippen molar-refractivity contribution >= 4 is 11.8 Å². The molecule has 0 spiro atoms. The number of aliphatic hydroxyl groups is 2. The van der Waals surface area contributed by atoms with Crippen LogP contribution in [0.5, 0.6) is 0 Å². The number of hydrogen-bond donors (Lipinski definition) is 3. The SMILES string of the molecule is CCCCC(C)(C)[C@H](O)CC[C@H]1C(=O)C[C@@H](O)[C@@H]1C/C=C\CCCC(=O)O. The summed E-state index contributed by atoms with van der Waals surface area (Å²) in [7, 11) is 0. The average Bonchev–Trinajstić information content (AvgIpc) is 2.86. The van der Waals surface area contributed by atoms with Crippen molar-refractivity contribution in [3.63, 3.8) is 0 Å². The highest BCUT2D eigenvalue weighted by Gasteiger charge is 2.41. The fraction of sp³-hybridized carbons (Fsp3) is 0.818. The minimum absolute atomic E-state index is 0.0980. The van der Waals surface area contributed by atoms with Crippen LogP contribution in [0.15, 0.2) is 12.2 Å². The lowest BCUT2D eigenvalue weighted by atomic mass is 9.77. The van der Waals surface area contributed by atoms with Crippen LogP contribution < -0.4 is 0 Å². The van der Waals surface area contributed by atoms with Gasteiger partial charge in [0.25, 0.3) is 0 Å². The van der Waals surface area contributed by atoms with Crippen molar-refractivity contribution in [3.8, 4) is 0 Å². The molecule has 1 aliphatic carbocycles. The monoisotopic (exact) mass is 382 g/mol. The van der Waals surface area contributed by atoms with E-state index in [1.54, 1.807) is 0 Å². The Bertz CT molecular complexity index is 497. The van der Waals surface area contributed by atoms with E-state index >= 15 is 0 Å². The molecule has 0 aromatic rings. The topological polar surface area (TPSA) is 94.8 Å². The number of allylic oxidation sites excluding steroid dienone is 2. The Morgan fingerprint density at radius 3 is 2.63 bits per heavy atom. The molecule has 0 saturated heterocycles. The lowest BCUT2D eigenvalue weighted by Crippen LogP contribution is -2.31. The van der Waals surface area contributed by atoms with Crippen LogP contribution in [-0.2, 0) is 9.59 Å². The molecule has 1 fully saturated rings. The number of Topliss-reactive ketones (excluding diaryl/α,β-unsaturated/α-hetero) is 1. The third-order valence-electron chi connectivity index (χ3n) is 6.00. The predicted octanol–water partition coefficient (Wildman–Crippen LogP) is 4.11. The maximum Gasteiger partial charge on any atom is 0.303 e. The van der Waals surface area contributed by atoms with Crippen LogP contribution in [0, 0.1) is 17.3 Å². The second-order valence-electron chi connectivity index (χ2n) is 8.69. The third-order valence-corrected chi connectivity index (χ3v) is 6.00. The van der Waals surface area contributed by atoms with Crippen LogP contribution in [0.4, 0.5) is 0 Å². The molecule has 4 atom stereocenters. The minimum Gasteiger partial charge on any atom is -0.481 e. The smallest absolute Gasteiger partial charge is 0.303 e. The highest BCUT2D eigenvalue weighted by atomic mass is 16.4. The Morgan fingerprint density at radius 2 is 2.00 bits per heavy atom. The maximum atomic E-state index is 12.3. The van der Waals surface area contributed by atoms with Crippen LogP contribution in [-0.4, -0.2) is 39.3 Å². The highest BCUT2D eigenvalue weighted by Crippen LogP contribution is 2.38. The average molecular weight is 383 g/mol. The zero-order valence-electron chi connectivity index (χ0n) is 17.2. The predicted molar refractivity (Wildman–Crippen MR) is 106 cm³/mol. The Balaban J connectivity index is 2.52. The summed E-state index contributed by atoms with van der Waals surface area (Å²) in [5, 5.41) is 29.5. The van der Waals surface area contributed by atoms with Crippen molar-refractivity contribution in [3.05, 3.63) is 12.2 Å². The molecule has 5 nitrogen and oxygen atoms in total. The lowest BCUT2D eigenvalue weighted by Gasteiger charge is -2.32. The van der Waals surface area contributed by atoms with Gasteiger partial charge in [0.2, 0.25) is 0 Å². The van der Waals surface area contributed by atoms with Crippen molar-refractivity contribution in [2.24, 2.45) is 17.3 Å². The molecule has 0 amide bonds. The molecule has 0 bridgehead atoms. The van der Waals surface area contributed by atoms with E-state index in [2.05, 4.69) is 20.8 Å². The number of ketones is 1. The van der Waals surface area contributed by atoms with Gasteiger partial charge in [0.15, 0.2) is 0 Å². The highest BCUT2D eigenvalue weighted by molar-refractivity contribution is 5.84. The van der Waals surface area contributed by atoms with Crippen LogP contribution in [0.1, 0.15) is 85.0 Å². The molecule has 0 radical (unpaired) electrons. The first-order valence-electron chi connectivity index (χ1n) is 10.4. The summed E-state index contributed by atoms with van der Waals surface area (Å²) < 4.78 is 0. The van der Waals surface area contributed by atoms with Crippen molar-refractivity contribution in [2.75, 3.05) is 0 Å². The van der Waals surface area contributed by atoms with Crippen molar-refractivity contribution < 1.29 is 24.9 Å². The van der Waals surface area contributed by atoms with Gasteiger partial charge in [0.1, 0.15) is 5.78 Å². The molecule has 1 aliphatic rings. The molecule has 3 N–H and O–H groups in total. The van der Waals surface area contributed by atoms with Gasteiger partial charge >= 0.3 is 5.97 Å². The van der Waals surface area contributed by atoms with Gasteiger partial charge in [-0.3, -0.25) is 9.59 Å². The Morgan fingerprint density at radius 1 is 1.30 bits per heavy atom. The molecule has 1 saturated carbocycles. The zero-order valence-corrected chi connectivity index (χ0v) is 17.2. The van der Waals surface area contributed by atoms with Crippen LogP contribution >= 0.6 is 0 Å². The lowest BCUT2D eigenvalue weighted by molar-refractivity contribution is -0.137. The largest absolute Gasteiger partial charge is 0.481 e. The number of aliphatic hydroxyl groups excluding tert-OH is 2. The molecular formula is C22H38O5. The Kier molecular flexibility index (Phi) is 10.2. The number of carbonyl (C=O) groups is 2. The number of carboxylic acids is 1. The molecule has 0 aliphatic heterocycles. The summed E-state index contributed by atoms with van der Waals surface area (Å²) >= 11 is 0. The van der Waals surface area contributed by atoms with Crippen LogP contribution in [0.3, 0.4) is 0 Å². The number of carbonyl (C=O) groups excluding carboxylic acids is 1. The first kappa shape index (κ1) is 23.8. The van der Waals surface area contributed by atoms with Gasteiger partial charge in [0, 0.05) is 18.8 Å². The van der Waals surface area contributed by atoms with Crippen molar-refractivity contribution in [1.82, 2.24) is 0 Å². The van der Waals surface area contributed by atoms with Crippen molar-refractivity contribution in [1.29, 1.82) is 0 Å². The summed E-state index contributed by atoms with van der Waals surface area (Å²) in [4.78, 5) is 22.8. The Hall–Kier alpha value is -1.20. The molecule has 1 rings (SSSR count). The number of aliphatic carboxylic acids is 1. The van der Waals surface area contributed by atoms with Gasteiger partial charge in [-0.25, -0.2) is 0 Å². The quantitative estimate of drug-likeness (QED) is 0.329. The molecule has 0 heterocycles. The standard InChI is InChI=1S/C22H38O5/c1-4-5-14-22(2,3)20(25)13-12-17-16(18(23)15-19(17)24)10-8-6-7-9-11-21(26)27/h6,8,16-18,20,23,25H,4-5,7,9-15H2,1-3H3,(H,26,27)/b8-6-/t16-,17-,18-,20-/m1/s1. The second-order valence-corrected chi connectivity index (χ2v) is 8.69. The molecule has 27 heavy (non-hydrogen) atoms. The van der Waals surface area contributed by atoms with E-state index in [4.69, 9.17) is 5.11 Å². The second kappa shape index (κ2) is 11.6. The maximum absolute atomic E-state index is 12.3. The van der Waals surface area contributed by atoms with E-state index in [1.165, 1.54) is 0 Å². The van der Waals surface area contributed by atoms with Gasteiger partial charge in [-0.15, -0.1) is 0 Å². The van der Waals surface area contributed by atoms with Crippen LogP contribution in [0.2, 0.25) is 0 Å². The summed E-state index contributed by atoms with van der Waals surface area (Å²) in [6.07, 6.45) is 9.47. The fourth-order valence-corrected chi connectivity index (χ4v) is 3.98. The zero-order chi connectivity index (χ0) is 20.4. The van der Waals surface area contributed by atoms with Gasteiger partial charge in [-0.1, -0.05) is 45.8 Å². The third kappa shape index (κ3) is 8.14. The Labute approximate surface area is 163 Å². The number of carboxylic acid groups (broad SMARTS) is 1. The van der Waals surface area contributed by atoms with Crippen LogP contribution in [0.25, 0.3) is 0 Å². The molecule has 0 unspecified atom stereocenters. The van der Waals surface area contributed by atoms with E-state index < -0.39 is 18.2 Å². The fourth-order valence-electron chi connectivity index (χ4n) is 3.98. The minimum atomic E-state index is -0.791.